The van der Waals surface area contributed by atoms with E-state index in [4.69, 9.17) is 20.5 Å². The van der Waals surface area contributed by atoms with E-state index in [1.165, 1.54) is 44.3 Å². The summed E-state index contributed by atoms with van der Waals surface area (Å²) in [6, 6.07) is 12.5. The van der Waals surface area contributed by atoms with Crippen LogP contribution >= 0.6 is 0 Å². The number of anilines is 7. The minimum absolute atomic E-state index is 0.243. The molecule has 1 unspecified atom stereocenters. The number of pyridine rings is 2. The summed E-state index contributed by atoms with van der Waals surface area (Å²) in [5, 5.41) is 28.4. The standard InChI is InChI=1S/C24H32N8O2.C14H22N4O2.C11H14N4OS/c1-24(2,3)34-23(33)32-12-10-31(11-13-32)19-8-9-20(26-16-19)29-22-27-15-17(14-25)21(30-22)28-18-6-4-5-7-18;1-14(2,3)20-13(19)18-8-6-17(7-9-18)11-4-5-12(15)16-10-11;1-17(16)11-13-7-8(6-12)10(15-11)14-9-4-2-3-5-9/h8-9,15-16,18H,4-7,10-13H2,1-3H3,(H2,26,27,28,29,30);4-5,10H,6-9H2,1-3H3,(H2,15,16);7,9H,2-5H2,1H3,(H,13,14,15). The van der Waals surface area contributed by atoms with Gasteiger partial charge in [-0.15, -0.1) is 0 Å². The minimum atomic E-state index is -1.22. The first-order valence-electron chi connectivity index (χ1n) is 24.2. The van der Waals surface area contributed by atoms with Gasteiger partial charge in [-0.3, -0.25) is 4.21 Å². The van der Waals surface area contributed by atoms with Crippen molar-refractivity contribution in [3.8, 4) is 12.1 Å². The number of nitrogen functional groups attached to an aromatic ring is 1. The van der Waals surface area contributed by atoms with Gasteiger partial charge in [0.1, 0.15) is 57.7 Å². The second-order valence-corrected chi connectivity index (χ2v) is 21.0. The lowest BCUT2D eigenvalue weighted by atomic mass is 10.2. The van der Waals surface area contributed by atoms with E-state index in [0.29, 0.717) is 91.7 Å². The van der Waals surface area contributed by atoms with Crippen LogP contribution in [0.3, 0.4) is 0 Å². The zero-order chi connectivity index (χ0) is 51.1. The molecule has 2 saturated carbocycles. The minimum Gasteiger partial charge on any atom is -0.444 e. The number of nitriles is 2. The Morgan fingerprint density at radius 1 is 0.648 bits per heavy atom. The molecule has 2 saturated heterocycles. The van der Waals surface area contributed by atoms with E-state index in [1.54, 1.807) is 28.3 Å². The van der Waals surface area contributed by atoms with Crippen LogP contribution in [0.4, 0.5) is 50.2 Å². The van der Waals surface area contributed by atoms with Crippen LogP contribution in [0.1, 0.15) is 104 Å². The Morgan fingerprint density at radius 2 is 1.10 bits per heavy atom. The number of carbonyl (C=O) groups is 2. The molecule has 4 aromatic rings. The van der Waals surface area contributed by atoms with Gasteiger partial charge in [-0.1, -0.05) is 25.7 Å². The molecule has 6 heterocycles. The Morgan fingerprint density at radius 3 is 1.51 bits per heavy atom. The number of nitrogens with two attached hydrogens (primary N) is 1. The Kier molecular flexibility index (Phi) is 18.5. The second-order valence-electron chi connectivity index (χ2n) is 19.7. The molecule has 2 aliphatic heterocycles. The lowest BCUT2D eigenvalue weighted by Gasteiger charge is -2.36. The smallest absolute Gasteiger partial charge is 0.410 e. The van der Waals surface area contributed by atoms with Crippen molar-refractivity contribution in [2.75, 3.05) is 90.1 Å². The average molecular weight is 993 g/mol. The van der Waals surface area contributed by atoms with E-state index < -0.39 is 22.0 Å². The van der Waals surface area contributed by atoms with Gasteiger partial charge in [0.05, 0.1) is 47.0 Å². The van der Waals surface area contributed by atoms with Crippen molar-refractivity contribution >= 4 is 63.6 Å². The molecule has 4 aliphatic rings. The largest absolute Gasteiger partial charge is 0.444 e. The summed E-state index contributed by atoms with van der Waals surface area (Å²) < 4.78 is 22.1. The highest BCUT2D eigenvalue weighted by Crippen LogP contribution is 2.26. The van der Waals surface area contributed by atoms with Gasteiger partial charge in [-0.05, 0) is 91.5 Å². The number of nitrogens with one attached hydrogen (secondary N) is 3. The van der Waals surface area contributed by atoms with Crippen molar-refractivity contribution in [3.05, 3.63) is 60.2 Å². The summed E-state index contributed by atoms with van der Waals surface area (Å²) in [7, 11) is -1.22. The summed E-state index contributed by atoms with van der Waals surface area (Å²) in [6.07, 6.45) is 16.7. The monoisotopic (exact) mass is 993 g/mol. The molecule has 5 N–H and O–H groups in total. The Balaban J connectivity index is 0.000000189. The summed E-state index contributed by atoms with van der Waals surface area (Å²) in [5.41, 5.74) is 7.50. The number of amides is 2. The first-order chi connectivity index (χ1) is 33.9. The third-order valence-electron chi connectivity index (χ3n) is 11.8. The van der Waals surface area contributed by atoms with E-state index in [2.05, 4.69) is 61.7 Å². The molecule has 21 nitrogen and oxygen atoms in total. The van der Waals surface area contributed by atoms with Crippen LogP contribution in [0.5, 0.6) is 0 Å². The van der Waals surface area contributed by atoms with Crippen molar-refractivity contribution in [1.82, 2.24) is 39.7 Å². The molecule has 2 aliphatic carbocycles. The third-order valence-corrected chi connectivity index (χ3v) is 12.5. The van der Waals surface area contributed by atoms with Crippen molar-refractivity contribution in [1.29, 1.82) is 10.5 Å². The molecular formula is C49H68N16O5S. The molecular weight excluding hydrogens is 925 g/mol. The van der Waals surface area contributed by atoms with Gasteiger partial charge in [0.15, 0.2) is 0 Å². The summed E-state index contributed by atoms with van der Waals surface area (Å²) >= 11 is 0. The average Bonchev–Trinajstić information content (AvgIpc) is 4.07. The number of piperazine rings is 2. The van der Waals surface area contributed by atoms with Crippen LogP contribution < -0.4 is 31.5 Å². The molecule has 8 rings (SSSR count). The molecule has 380 valence electrons. The Labute approximate surface area is 419 Å². The van der Waals surface area contributed by atoms with Gasteiger partial charge >= 0.3 is 12.2 Å². The highest BCUT2D eigenvalue weighted by atomic mass is 32.2. The maximum Gasteiger partial charge on any atom is 0.410 e. The van der Waals surface area contributed by atoms with Crippen LogP contribution in [0, 0.1) is 22.7 Å². The highest BCUT2D eigenvalue weighted by Gasteiger charge is 2.28. The molecule has 0 radical (unpaired) electrons. The van der Waals surface area contributed by atoms with Gasteiger partial charge in [-0.25, -0.2) is 34.5 Å². The molecule has 2 amide bonds. The van der Waals surface area contributed by atoms with Crippen LogP contribution in [-0.4, -0.2) is 138 Å². The van der Waals surface area contributed by atoms with Crippen molar-refractivity contribution in [2.24, 2.45) is 0 Å². The fraction of sp³-hybridized carbons (Fsp3) is 0.551. The quantitative estimate of drug-likeness (QED) is 0.122. The number of hydrogen-bond donors (Lipinski definition) is 4. The topological polar surface area (TPSA) is 270 Å². The van der Waals surface area contributed by atoms with Crippen LogP contribution in [0.2, 0.25) is 0 Å². The molecule has 4 aromatic heterocycles. The summed E-state index contributed by atoms with van der Waals surface area (Å²) in [6.45, 7) is 16.7. The Bertz CT molecular complexity index is 2500. The van der Waals surface area contributed by atoms with Crippen molar-refractivity contribution in [2.45, 2.75) is 121 Å². The van der Waals surface area contributed by atoms with E-state index in [-0.39, 0.29) is 17.3 Å². The zero-order valence-electron chi connectivity index (χ0n) is 42.0. The molecule has 22 heteroatoms. The number of nitrogens with zero attached hydrogens (tertiary/aromatic N) is 12. The maximum absolute atomic E-state index is 12.3. The highest BCUT2D eigenvalue weighted by molar-refractivity contribution is 7.84. The van der Waals surface area contributed by atoms with Gasteiger partial charge in [0.25, 0.3) is 0 Å². The van der Waals surface area contributed by atoms with Gasteiger partial charge in [-0.2, -0.15) is 15.5 Å². The maximum atomic E-state index is 12.3. The van der Waals surface area contributed by atoms with Gasteiger partial charge in [0.2, 0.25) is 11.1 Å². The van der Waals surface area contributed by atoms with E-state index in [1.807, 2.05) is 65.8 Å². The third kappa shape index (κ3) is 16.5. The number of rotatable bonds is 9. The molecule has 0 spiro atoms. The SMILES string of the molecule is CC(C)(C)OC(=O)N1CCN(c2ccc(N)nc2)CC1.CC(C)(C)OC(=O)N1CCN(c2ccc(Nc3ncc(C#N)c(NC4CCCC4)n3)nc2)CC1.CS(=O)c1ncc(C#N)c(NC2CCCC2)n1. The zero-order valence-corrected chi connectivity index (χ0v) is 42.8. The predicted octanol–water partition coefficient (Wildman–Crippen LogP) is 7.06. The van der Waals surface area contributed by atoms with Gasteiger partial charge in [0, 0.05) is 70.7 Å². The fourth-order valence-corrected chi connectivity index (χ4v) is 8.57. The molecule has 71 heavy (non-hydrogen) atoms. The number of hydrogen-bond acceptors (Lipinski definition) is 19. The first kappa shape index (κ1) is 53.3. The lowest BCUT2D eigenvalue weighted by Crippen LogP contribution is -2.50. The van der Waals surface area contributed by atoms with Crippen LogP contribution in [0.25, 0.3) is 0 Å². The Hall–Kier alpha value is -7.07. The van der Waals surface area contributed by atoms with E-state index in [9.17, 15) is 19.1 Å². The van der Waals surface area contributed by atoms with Gasteiger partial charge < -0.3 is 50.8 Å². The van der Waals surface area contributed by atoms with Crippen molar-refractivity contribution < 1.29 is 23.3 Å². The normalized spacial score (nSPS) is 16.8. The number of ether oxygens (including phenoxy) is 2. The first-order valence-corrected chi connectivity index (χ1v) is 25.7. The van der Waals surface area contributed by atoms with E-state index >= 15 is 0 Å². The molecule has 0 aromatic carbocycles. The second kappa shape index (κ2) is 24.7. The number of aromatic nitrogens is 6. The predicted molar refractivity (Wildman–Crippen MR) is 274 cm³/mol. The van der Waals surface area contributed by atoms with E-state index in [0.717, 1.165) is 50.1 Å². The molecule has 0 bridgehead atoms. The van der Waals surface area contributed by atoms with Crippen LogP contribution in [0.15, 0.2) is 54.2 Å². The molecule has 1 atom stereocenters. The number of carbonyl (C=O) groups excluding carboxylic acids is 2. The lowest BCUT2D eigenvalue weighted by molar-refractivity contribution is 0.0230. The van der Waals surface area contributed by atoms with Crippen LogP contribution in [-0.2, 0) is 20.3 Å². The van der Waals surface area contributed by atoms with Crippen molar-refractivity contribution in [3.63, 3.8) is 0 Å². The summed E-state index contributed by atoms with van der Waals surface area (Å²) in [5.74, 6) is 2.60. The fourth-order valence-electron chi connectivity index (χ4n) is 8.15. The molecule has 4 fully saturated rings. The summed E-state index contributed by atoms with van der Waals surface area (Å²) in [4.78, 5) is 57.5.